The smallest absolute Gasteiger partial charge is 0.294 e. The van der Waals surface area contributed by atoms with E-state index in [0.717, 1.165) is 47.1 Å². The molecule has 0 atom stereocenters. The summed E-state index contributed by atoms with van der Waals surface area (Å²) in [6.07, 6.45) is 6.76. The first-order valence-corrected chi connectivity index (χ1v) is 9.63. The van der Waals surface area contributed by atoms with Crippen LogP contribution in [0, 0.1) is 0 Å². The van der Waals surface area contributed by atoms with Crippen LogP contribution >= 0.6 is 11.8 Å². The summed E-state index contributed by atoms with van der Waals surface area (Å²) in [4.78, 5) is 40.3. The summed E-state index contributed by atoms with van der Waals surface area (Å²) in [6.45, 7) is 3.15. The number of carbonyl (C=O) groups is 3. The molecule has 136 valence electrons. The van der Waals surface area contributed by atoms with Gasteiger partial charge in [0.15, 0.2) is 0 Å². The van der Waals surface area contributed by atoms with Gasteiger partial charge in [0, 0.05) is 13.1 Å². The Bertz CT molecular complexity index is 765. The summed E-state index contributed by atoms with van der Waals surface area (Å²) in [5.74, 6) is -0.532. The van der Waals surface area contributed by atoms with E-state index in [1.165, 1.54) is 0 Å². The molecule has 0 radical (unpaired) electrons. The maximum Gasteiger partial charge on any atom is 0.294 e. The third kappa shape index (κ3) is 4.43. The highest BCUT2D eigenvalue weighted by atomic mass is 32.2. The minimum atomic E-state index is -0.383. The van der Waals surface area contributed by atoms with E-state index in [0.29, 0.717) is 18.0 Å². The van der Waals surface area contributed by atoms with Crippen molar-refractivity contribution in [2.45, 2.75) is 26.2 Å². The Balaban J connectivity index is 1.68. The molecule has 0 aromatic heterocycles. The molecule has 1 aromatic carbocycles. The second-order valence-corrected chi connectivity index (χ2v) is 7.50. The molecule has 2 saturated heterocycles. The first kappa shape index (κ1) is 18.5. The van der Waals surface area contributed by atoms with E-state index in [-0.39, 0.29) is 23.6 Å². The topological polar surface area (TPSA) is 57.7 Å². The van der Waals surface area contributed by atoms with Crippen LogP contribution in [0.3, 0.4) is 0 Å². The van der Waals surface area contributed by atoms with Crippen LogP contribution in [0.2, 0.25) is 0 Å². The Labute approximate surface area is 157 Å². The number of rotatable bonds is 4. The van der Waals surface area contributed by atoms with Crippen LogP contribution in [0.4, 0.5) is 4.79 Å². The van der Waals surface area contributed by atoms with Crippen molar-refractivity contribution in [3.63, 3.8) is 0 Å². The number of benzene rings is 1. The fraction of sp³-hybridized carbons (Fsp3) is 0.350. The van der Waals surface area contributed by atoms with Crippen molar-refractivity contribution in [1.29, 1.82) is 0 Å². The predicted molar refractivity (Wildman–Crippen MR) is 103 cm³/mol. The highest BCUT2D eigenvalue weighted by Crippen LogP contribution is 2.31. The molecule has 5 nitrogen and oxygen atoms in total. The van der Waals surface area contributed by atoms with E-state index in [1.807, 2.05) is 43.3 Å². The maximum atomic E-state index is 12.5. The summed E-state index contributed by atoms with van der Waals surface area (Å²) >= 11 is 0.896. The number of imide groups is 1. The quantitative estimate of drug-likeness (QED) is 0.759. The largest absolute Gasteiger partial charge is 0.341 e. The molecule has 0 N–H and O–H groups in total. The number of nitrogens with zero attached hydrogens (tertiary/aromatic N) is 2. The molecule has 6 heteroatoms. The van der Waals surface area contributed by atoms with Crippen LogP contribution in [-0.2, 0) is 9.59 Å². The monoisotopic (exact) mass is 370 g/mol. The van der Waals surface area contributed by atoms with Crippen LogP contribution in [0.1, 0.15) is 31.7 Å². The molecule has 3 amide bonds. The lowest BCUT2D eigenvalue weighted by Crippen LogP contribution is -2.44. The molecule has 0 saturated carbocycles. The third-order valence-electron chi connectivity index (χ3n) is 4.43. The molecule has 0 aliphatic carbocycles. The molecule has 2 fully saturated rings. The van der Waals surface area contributed by atoms with E-state index in [1.54, 1.807) is 11.0 Å². The zero-order valence-electron chi connectivity index (χ0n) is 14.8. The van der Waals surface area contributed by atoms with Crippen LogP contribution in [0.15, 0.2) is 46.9 Å². The molecule has 0 unspecified atom stereocenters. The molecule has 2 aliphatic heterocycles. The Kier molecular flexibility index (Phi) is 5.93. The van der Waals surface area contributed by atoms with E-state index < -0.39 is 0 Å². The van der Waals surface area contributed by atoms with Crippen molar-refractivity contribution in [2.75, 3.05) is 19.6 Å². The standard InChI is InChI=1S/C20H22N2O3S/c1-15(12-16-8-4-2-5-9-16)13-17-19(24)22(20(25)26-17)14-18(23)21-10-6-3-7-11-21/h2,4-5,8-9,12-13H,3,6-7,10-11,14H2,1H3/b15-12+,17-13-. The van der Waals surface area contributed by atoms with Crippen LogP contribution < -0.4 is 0 Å². The highest BCUT2D eigenvalue weighted by molar-refractivity contribution is 8.18. The number of hydrogen-bond acceptors (Lipinski definition) is 4. The first-order valence-electron chi connectivity index (χ1n) is 8.81. The van der Waals surface area contributed by atoms with Crippen molar-refractivity contribution in [3.8, 4) is 0 Å². The fourth-order valence-electron chi connectivity index (χ4n) is 3.08. The fourth-order valence-corrected chi connectivity index (χ4v) is 3.96. The van der Waals surface area contributed by atoms with Crippen LogP contribution in [-0.4, -0.2) is 46.5 Å². The lowest BCUT2D eigenvalue weighted by Gasteiger charge is -2.27. The van der Waals surface area contributed by atoms with Crippen LogP contribution in [0.5, 0.6) is 0 Å². The van der Waals surface area contributed by atoms with Gasteiger partial charge < -0.3 is 4.90 Å². The second kappa shape index (κ2) is 8.36. The number of allylic oxidation sites excluding steroid dienone is 2. The Morgan fingerprint density at radius 1 is 1.12 bits per heavy atom. The minimum Gasteiger partial charge on any atom is -0.341 e. The van der Waals surface area contributed by atoms with Gasteiger partial charge in [0.1, 0.15) is 6.54 Å². The molecule has 3 rings (SSSR count). The van der Waals surface area contributed by atoms with Gasteiger partial charge in [-0.3, -0.25) is 19.3 Å². The van der Waals surface area contributed by atoms with Gasteiger partial charge in [0.25, 0.3) is 11.1 Å². The zero-order valence-corrected chi connectivity index (χ0v) is 15.6. The van der Waals surface area contributed by atoms with Crippen LogP contribution in [0.25, 0.3) is 6.08 Å². The van der Waals surface area contributed by atoms with E-state index in [2.05, 4.69) is 0 Å². The first-order chi connectivity index (χ1) is 12.5. The number of carbonyl (C=O) groups excluding carboxylic acids is 3. The highest BCUT2D eigenvalue weighted by Gasteiger charge is 2.37. The van der Waals surface area contributed by atoms with Gasteiger partial charge in [0.05, 0.1) is 4.91 Å². The minimum absolute atomic E-state index is 0.148. The SMILES string of the molecule is CC(/C=C1\SC(=O)N(CC(=O)N2CCCCC2)C1=O)=C\c1ccccc1. The maximum absolute atomic E-state index is 12.5. The normalized spacial score (nSPS) is 20.2. The Morgan fingerprint density at radius 2 is 1.81 bits per heavy atom. The van der Waals surface area contributed by atoms with Gasteiger partial charge in [-0.15, -0.1) is 0 Å². The van der Waals surface area contributed by atoms with Crippen molar-refractivity contribution in [2.24, 2.45) is 0 Å². The Morgan fingerprint density at radius 3 is 2.50 bits per heavy atom. The van der Waals surface area contributed by atoms with E-state index in [9.17, 15) is 14.4 Å². The summed E-state index contributed by atoms with van der Waals surface area (Å²) in [5, 5.41) is -0.376. The number of amides is 3. The molecule has 2 heterocycles. The molecule has 1 aromatic rings. The van der Waals surface area contributed by atoms with Crippen molar-refractivity contribution in [3.05, 3.63) is 52.4 Å². The van der Waals surface area contributed by atoms with Gasteiger partial charge in [-0.1, -0.05) is 36.4 Å². The molecule has 26 heavy (non-hydrogen) atoms. The predicted octanol–water partition coefficient (Wildman–Crippen LogP) is 3.68. The summed E-state index contributed by atoms with van der Waals surface area (Å²) in [5.41, 5.74) is 1.91. The second-order valence-electron chi connectivity index (χ2n) is 6.51. The number of hydrogen-bond donors (Lipinski definition) is 0. The van der Waals surface area contributed by atoms with E-state index >= 15 is 0 Å². The number of likely N-dealkylation sites (tertiary alicyclic amines) is 1. The van der Waals surface area contributed by atoms with Crippen molar-refractivity contribution >= 4 is 34.9 Å². The molecule has 0 spiro atoms. The molecule has 0 bridgehead atoms. The lowest BCUT2D eigenvalue weighted by atomic mass is 10.1. The molecule has 2 aliphatic rings. The van der Waals surface area contributed by atoms with Gasteiger partial charge in [-0.2, -0.15) is 0 Å². The van der Waals surface area contributed by atoms with E-state index in [4.69, 9.17) is 0 Å². The summed E-state index contributed by atoms with van der Waals surface area (Å²) in [6, 6.07) is 9.77. The third-order valence-corrected chi connectivity index (χ3v) is 5.34. The Hall–Kier alpha value is -2.34. The van der Waals surface area contributed by atoms with Crippen molar-refractivity contribution < 1.29 is 14.4 Å². The number of thioether (sulfide) groups is 1. The molecular formula is C20H22N2O3S. The summed E-state index contributed by atoms with van der Waals surface area (Å²) in [7, 11) is 0. The van der Waals surface area contributed by atoms with Gasteiger partial charge in [0.2, 0.25) is 5.91 Å². The zero-order chi connectivity index (χ0) is 18.5. The number of piperidine rings is 1. The lowest BCUT2D eigenvalue weighted by molar-refractivity contribution is -0.136. The molecular weight excluding hydrogens is 348 g/mol. The van der Waals surface area contributed by atoms with Gasteiger partial charge in [-0.05, 0) is 55.2 Å². The van der Waals surface area contributed by atoms with Gasteiger partial charge >= 0.3 is 0 Å². The van der Waals surface area contributed by atoms with Crippen molar-refractivity contribution in [1.82, 2.24) is 9.80 Å². The van der Waals surface area contributed by atoms with Gasteiger partial charge in [-0.25, -0.2) is 0 Å². The summed E-state index contributed by atoms with van der Waals surface area (Å²) < 4.78 is 0. The average molecular weight is 370 g/mol. The average Bonchev–Trinajstić information content (AvgIpc) is 2.90.